The van der Waals surface area contributed by atoms with Gasteiger partial charge in [-0.05, 0) is 34.1 Å². The van der Waals surface area contributed by atoms with Crippen molar-refractivity contribution in [2.24, 2.45) is 0 Å². The number of aromatic amines is 1. The number of hydrogen-bond acceptors (Lipinski definition) is 5. The van der Waals surface area contributed by atoms with Gasteiger partial charge in [-0.2, -0.15) is 0 Å². The average Bonchev–Trinajstić information content (AvgIpc) is 2.41. The van der Waals surface area contributed by atoms with Gasteiger partial charge in [0.15, 0.2) is 5.03 Å². The SMILES string of the molecule is COc1c(Sc2ccc(Br)c(C(=O)O)c2)nc[nH]c1=O. The lowest BCUT2D eigenvalue weighted by atomic mass is 10.2. The van der Waals surface area contributed by atoms with E-state index in [1.807, 2.05) is 0 Å². The van der Waals surface area contributed by atoms with Crippen LogP contribution in [0.3, 0.4) is 0 Å². The summed E-state index contributed by atoms with van der Waals surface area (Å²) in [4.78, 5) is 29.7. The van der Waals surface area contributed by atoms with E-state index in [2.05, 4.69) is 25.9 Å². The molecule has 0 fully saturated rings. The van der Waals surface area contributed by atoms with Crippen LogP contribution in [0.5, 0.6) is 5.75 Å². The largest absolute Gasteiger partial charge is 0.489 e. The van der Waals surface area contributed by atoms with Gasteiger partial charge in [0, 0.05) is 9.37 Å². The predicted molar refractivity (Wildman–Crippen MR) is 76.6 cm³/mol. The Morgan fingerprint density at radius 2 is 2.25 bits per heavy atom. The van der Waals surface area contributed by atoms with Gasteiger partial charge in [-0.3, -0.25) is 4.79 Å². The molecule has 0 aliphatic carbocycles. The molecule has 0 aliphatic rings. The molecule has 0 radical (unpaired) electrons. The summed E-state index contributed by atoms with van der Waals surface area (Å²) in [7, 11) is 1.38. The molecule has 0 saturated carbocycles. The maximum absolute atomic E-state index is 11.6. The summed E-state index contributed by atoms with van der Waals surface area (Å²) in [6.07, 6.45) is 1.27. The van der Waals surface area contributed by atoms with Gasteiger partial charge in [-0.1, -0.05) is 11.8 Å². The molecule has 20 heavy (non-hydrogen) atoms. The molecule has 2 aromatic rings. The maximum atomic E-state index is 11.6. The summed E-state index contributed by atoms with van der Waals surface area (Å²) < 4.78 is 5.48. The van der Waals surface area contributed by atoms with Gasteiger partial charge in [-0.15, -0.1) is 0 Å². The molecule has 0 aliphatic heterocycles. The fraction of sp³-hybridized carbons (Fsp3) is 0.0833. The number of nitrogens with one attached hydrogen (secondary N) is 1. The number of carboxylic acids is 1. The van der Waals surface area contributed by atoms with Gasteiger partial charge in [0.1, 0.15) is 0 Å². The number of hydrogen-bond donors (Lipinski definition) is 2. The summed E-state index contributed by atoms with van der Waals surface area (Å²) >= 11 is 4.32. The summed E-state index contributed by atoms with van der Waals surface area (Å²) in [6, 6.07) is 4.86. The number of benzene rings is 1. The van der Waals surface area contributed by atoms with E-state index < -0.39 is 5.97 Å². The van der Waals surface area contributed by atoms with E-state index in [1.54, 1.807) is 12.1 Å². The predicted octanol–water partition coefficient (Wildman–Crippen LogP) is 2.39. The van der Waals surface area contributed by atoms with Crippen molar-refractivity contribution in [1.29, 1.82) is 0 Å². The highest BCUT2D eigenvalue weighted by molar-refractivity contribution is 9.10. The first-order chi connectivity index (χ1) is 9.52. The molecule has 6 nitrogen and oxygen atoms in total. The fourth-order valence-electron chi connectivity index (χ4n) is 1.47. The second-order valence-electron chi connectivity index (χ2n) is 3.62. The summed E-state index contributed by atoms with van der Waals surface area (Å²) in [5.74, 6) is -0.942. The van der Waals surface area contributed by atoms with Crippen LogP contribution in [0.4, 0.5) is 0 Å². The van der Waals surface area contributed by atoms with Crippen molar-refractivity contribution in [2.45, 2.75) is 9.92 Å². The number of carboxylic acid groups (broad SMARTS) is 1. The van der Waals surface area contributed by atoms with E-state index in [4.69, 9.17) is 9.84 Å². The number of aromatic nitrogens is 2. The number of aromatic carboxylic acids is 1. The molecule has 2 N–H and O–H groups in total. The molecule has 0 atom stereocenters. The molecule has 1 aromatic heterocycles. The third kappa shape index (κ3) is 3.02. The topological polar surface area (TPSA) is 92.3 Å². The van der Waals surface area contributed by atoms with Crippen LogP contribution >= 0.6 is 27.7 Å². The van der Waals surface area contributed by atoms with E-state index >= 15 is 0 Å². The van der Waals surface area contributed by atoms with Crippen molar-refractivity contribution in [3.8, 4) is 5.75 Å². The molecule has 8 heteroatoms. The lowest BCUT2D eigenvalue weighted by molar-refractivity contribution is 0.0695. The number of nitrogens with zero attached hydrogens (tertiary/aromatic N) is 1. The normalized spacial score (nSPS) is 10.3. The lowest BCUT2D eigenvalue weighted by Gasteiger charge is -2.07. The third-order valence-corrected chi connectivity index (χ3v) is 4.03. The number of methoxy groups -OCH3 is 1. The highest BCUT2D eigenvalue weighted by atomic mass is 79.9. The molecule has 0 spiro atoms. The summed E-state index contributed by atoms with van der Waals surface area (Å²) in [5, 5.41) is 9.44. The number of rotatable bonds is 4. The zero-order chi connectivity index (χ0) is 14.7. The minimum absolute atomic E-state index is 0.0947. The van der Waals surface area contributed by atoms with Crippen molar-refractivity contribution >= 4 is 33.7 Å². The highest BCUT2D eigenvalue weighted by Gasteiger charge is 2.13. The van der Waals surface area contributed by atoms with Crippen molar-refractivity contribution in [1.82, 2.24) is 9.97 Å². The quantitative estimate of drug-likeness (QED) is 0.817. The summed E-state index contributed by atoms with van der Waals surface area (Å²) in [5.41, 5.74) is -0.251. The second kappa shape index (κ2) is 6.10. The molecule has 104 valence electrons. The maximum Gasteiger partial charge on any atom is 0.336 e. The van der Waals surface area contributed by atoms with Gasteiger partial charge in [0.2, 0.25) is 5.75 Å². The van der Waals surface area contributed by atoms with Crippen molar-refractivity contribution in [3.63, 3.8) is 0 Å². The lowest BCUT2D eigenvalue weighted by Crippen LogP contribution is -2.10. The van der Waals surface area contributed by atoms with Crippen LogP contribution in [0.2, 0.25) is 0 Å². The van der Waals surface area contributed by atoms with Gasteiger partial charge >= 0.3 is 5.97 Å². The smallest absolute Gasteiger partial charge is 0.336 e. The molecule has 0 bridgehead atoms. The number of H-pyrrole nitrogens is 1. The van der Waals surface area contributed by atoms with E-state index in [-0.39, 0.29) is 16.9 Å². The van der Waals surface area contributed by atoms with E-state index in [0.717, 1.165) is 11.8 Å². The Morgan fingerprint density at radius 1 is 1.50 bits per heavy atom. The first kappa shape index (κ1) is 14.6. The standard InChI is InChI=1S/C12H9BrN2O4S/c1-19-9-10(16)14-5-15-11(9)20-6-2-3-8(13)7(4-6)12(17)18/h2-5H,1H3,(H,17,18)(H,14,15,16). The first-order valence-electron chi connectivity index (χ1n) is 5.35. The molecule has 2 rings (SSSR count). The molecule has 0 unspecified atom stereocenters. The average molecular weight is 357 g/mol. The minimum atomic E-state index is -1.04. The zero-order valence-electron chi connectivity index (χ0n) is 10.2. The Balaban J connectivity index is 2.41. The van der Waals surface area contributed by atoms with Crippen LogP contribution in [-0.2, 0) is 0 Å². The monoisotopic (exact) mass is 356 g/mol. The Labute approximate surface area is 126 Å². The van der Waals surface area contributed by atoms with Crippen LogP contribution in [0, 0.1) is 0 Å². The number of halogens is 1. The molecular formula is C12H9BrN2O4S. The minimum Gasteiger partial charge on any atom is -0.489 e. The molecule has 1 heterocycles. The Morgan fingerprint density at radius 3 is 2.90 bits per heavy atom. The van der Waals surface area contributed by atoms with Gasteiger partial charge < -0.3 is 14.8 Å². The van der Waals surface area contributed by atoms with Crippen molar-refractivity contribution < 1.29 is 14.6 Å². The van der Waals surface area contributed by atoms with E-state index in [9.17, 15) is 9.59 Å². The van der Waals surface area contributed by atoms with Crippen LogP contribution in [-0.4, -0.2) is 28.2 Å². The first-order valence-corrected chi connectivity index (χ1v) is 6.96. The molecule has 0 amide bonds. The van der Waals surface area contributed by atoms with Crippen LogP contribution < -0.4 is 10.3 Å². The molecular weight excluding hydrogens is 348 g/mol. The van der Waals surface area contributed by atoms with Crippen LogP contribution in [0.1, 0.15) is 10.4 Å². The van der Waals surface area contributed by atoms with E-state index in [0.29, 0.717) is 14.4 Å². The zero-order valence-corrected chi connectivity index (χ0v) is 12.6. The Bertz CT molecular complexity index is 717. The second-order valence-corrected chi connectivity index (χ2v) is 5.54. The van der Waals surface area contributed by atoms with Gasteiger partial charge in [0.05, 0.1) is 19.0 Å². The number of ether oxygens (including phenoxy) is 1. The van der Waals surface area contributed by atoms with Gasteiger partial charge in [0.25, 0.3) is 5.56 Å². The fourth-order valence-corrected chi connectivity index (χ4v) is 2.79. The van der Waals surface area contributed by atoms with E-state index in [1.165, 1.54) is 19.5 Å². The highest BCUT2D eigenvalue weighted by Crippen LogP contribution is 2.32. The Hall–Kier alpha value is -1.80. The number of carbonyl (C=O) groups is 1. The Kier molecular flexibility index (Phi) is 4.46. The van der Waals surface area contributed by atoms with Crippen LogP contribution in [0.15, 0.2) is 43.7 Å². The van der Waals surface area contributed by atoms with Crippen molar-refractivity contribution in [3.05, 3.63) is 44.9 Å². The third-order valence-electron chi connectivity index (χ3n) is 2.36. The van der Waals surface area contributed by atoms with Crippen molar-refractivity contribution in [2.75, 3.05) is 7.11 Å². The summed E-state index contributed by atoms with van der Waals surface area (Å²) in [6.45, 7) is 0. The van der Waals surface area contributed by atoms with Crippen LogP contribution in [0.25, 0.3) is 0 Å². The molecule has 1 aromatic carbocycles. The molecule has 0 saturated heterocycles. The van der Waals surface area contributed by atoms with Gasteiger partial charge in [-0.25, -0.2) is 9.78 Å².